The molecule has 0 bridgehead atoms. The van der Waals surface area contributed by atoms with Gasteiger partial charge in [-0.15, -0.1) is 0 Å². The number of nitrogens with zero attached hydrogens (tertiary/aromatic N) is 1. The minimum atomic E-state index is 0.313. The van der Waals surface area contributed by atoms with Crippen LogP contribution in [0.3, 0.4) is 0 Å². The molecule has 1 saturated carbocycles. The van der Waals surface area contributed by atoms with E-state index in [2.05, 4.69) is 31.0 Å². The maximum atomic E-state index is 9.02. The van der Waals surface area contributed by atoms with E-state index in [1.807, 2.05) is 0 Å². The summed E-state index contributed by atoms with van der Waals surface area (Å²) in [6.45, 7) is 12.7. The molecule has 1 fully saturated rings. The number of nitrogens with one attached hydrogen (secondary N) is 1. The predicted molar refractivity (Wildman–Crippen MR) is 82.4 cm³/mol. The molecular formula is C16H34N2O. The van der Waals surface area contributed by atoms with E-state index in [0.29, 0.717) is 12.0 Å². The minimum absolute atomic E-state index is 0.313. The summed E-state index contributed by atoms with van der Waals surface area (Å²) in [7, 11) is 0. The van der Waals surface area contributed by atoms with E-state index in [9.17, 15) is 0 Å². The van der Waals surface area contributed by atoms with Crippen LogP contribution in [0.15, 0.2) is 0 Å². The molecule has 3 nitrogen and oxygen atoms in total. The summed E-state index contributed by atoms with van der Waals surface area (Å²) in [4.78, 5) is 2.53. The Hall–Kier alpha value is -0.120. The fraction of sp³-hybridized carbons (Fsp3) is 1.00. The van der Waals surface area contributed by atoms with Crippen molar-refractivity contribution >= 4 is 0 Å². The van der Waals surface area contributed by atoms with E-state index in [1.54, 1.807) is 0 Å². The third-order valence-electron chi connectivity index (χ3n) is 4.72. The molecule has 114 valence electrons. The number of hydrogen-bond acceptors (Lipinski definition) is 3. The van der Waals surface area contributed by atoms with Crippen molar-refractivity contribution in [1.82, 2.24) is 10.2 Å². The van der Waals surface area contributed by atoms with Gasteiger partial charge in [-0.1, -0.05) is 33.6 Å². The summed E-state index contributed by atoms with van der Waals surface area (Å²) in [5, 5.41) is 12.6. The van der Waals surface area contributed by atoms with Gasteiger partial charge < -0.3 is 15.3 Å². The fourth-order valence-electron chi connectivity index (χ4n) is 3.27. The Morgan fingerprint density at radius 2 is 1.95 bits per heavy atom. The van der Waals surface area contributed by atoms with Crippen LogP contribution in [-0.2, 0) is 0 Å². The summed E-state index contributed by atoms with van der Waals surface area (Å²) >= 11 is 0. The monoisotopic (exact) mass is 270 g/mol. The van der Waals surface area contributed by atoms with E-state index in [1.165, 1.54) is 32.2 Å². The van der Waals surface area contributed by atoms with E-state index in [-0.39, 0.29) is 0 Å². The molecule has 3 heteroatoms. The Morgan fingerprint density at radius 1 is 1.26 bits per heavy atom. The van der Waals surface area contributed by atoms with E-state index in [4.69, 9.17) is 5.11 Å². The molecule has 0 amide bonds. The van der Waals surface area contributed by atoms with Crippen molar-refractivity contribution in [3.8, 4) is 0 Å². The van der Waals surface area contributed by atoms with Gasteiger partial charge in [0.2, 0.25) is 0 Å². The highest BCUT2D eigenvalue weighted by Crippen LogP contribution is 2.39. The van der Waals surface area contributed by atoms with Gasteiger partial charge in [0.1, 0.15) is 0 Å². The number of aliphatic hydroxyl groups excluding tert-OH is 1. The second-order valence-electron chi connectivity index (χ2n) is 6.41. The molecule has 0 aromatic carbocycles. The van der Waals surface area contributed by atoms with Gasteiger partial charge in [0.25, 0.3) is 0 Å². The second kappa shape index (κ2) is 8.93. The molecular weight excluding hydrogens is 236 g/mol. The van der Waals surface area contributed by atoms with Crippen LogP contribution in [0.5, 0.6) is 0 Å². The highest BCUT2D eigenvalue weighted by atomic mass is 16.3. The van der Waals surface area contributed by atoms with Gasteiger partial charge >= 0.3 is 0 Å². The Bertz CT molecular complexity index is 219. The zero-order valence-electron chi connectivity index (χ0n) is 13.2. The van der Waals surface area contributed by atoms with Crippen LogP contribution >= 0.6 is 0 Å². The number of rotatable bonds is 9. The molecule has 0 spiro atoms. The Labute approximate surface area is 119 Å². The zero-order valence-corrected chi connectivity index (χ0v) is 13.2. The average Bonchev–Trinajstić information content (AvgIpc) is 2.44. The van der Waals surface area contributed by atoms with Crippen LogP contribution in [0.4, 0.5) is 0 Å². The molecule has 0 saturated heterocycles. The maximum Gasteiger partial charge on any atom is 0.0443 e. The van der Waals surface area contributed by atoms with Crippen molar-refractivity contribution < 1.29 is 5.11 Å². The van der Waals surface area contributed by atoms with Crippen LogP contribution in [0.2, 0.25) is 0 Å². The lowest BCUT2D eigenvalue weighted by molar-refractivity contribution is 0.0856. The topological polar surface area (TPSA) is 35.5 Å². The third kappa shape index (κ3) is 5.80. The summed E-state index contributed by atoms with van der Waals surface area (Å²) in [5.41, 5.74) is 0.466. The molecule has 0 aliphatic heterocycles. The van der Waals surface area contributed by atoms with E-state index in [0.717, 1.165) is 38.5 Å². The van der Waals surface area contributed by atoms with Crippen molar-refractivity contribution in [3.63, 3.8) is 0 Å². The molecule has 0 heterocycles. The molecule has 0 radical (unpaired) electrons. The smallest absolute Gasteiger partial charge is 0.0443 e. The lowest BCUT2D eigenvalue weighted by Gasteiger charge is -2.43. The van der Waals surface area contributed by atoms with Gasteiger partial charge in [0, 0.05) is 26.2 Å². The largest absolute Gasteiger partial charge is 0.396 e. The summed E-state index contributed by atoms with van der Waals surface area (Å²) in [5.74, 6) is 0.905. The molecule has 1 aliphatic carbocycles. The first kappa shape index (κ1) is 16.9. The van der Waals surface area contributed by atoms with Gasteiger partial charge in [0.05, 0.1) is 0 Å². The van der Waals surface area contributed by atoms with Gasteiger partial charge in [0.15, 0.2) is 0 Å². The Kier molecular flexibility index (Phi) is 7.96. The van der Waals surface area contributed by atoms with Gasteiger partial charge in [-0.2, -0.15) is 0 Å². The molecule has 1 rings (SSSR count). The number of hydrogen-bond donors (Lipinski definition) is 2. The Morgan fingerprint density at radius 3 is 2.47 bits per heavy atom. The molecule has 1 aliphatic rings. The molecule has 0 aromatic heterocycles. The van der Waals surface area contributed by atoms with E-state index < -0.39 is 0 Å². The summed E-state index contributed by atoms with van der Waals surface area (Å²) in [6.07, 6.45) is 6.38. The van der Waals surface area contributed by atoms with Crippen molar-refractivity contribution in [2.75, 3.05) is 39.3 Å². The molecule has 0 atom stereocenters. The molecule has 0 aromatic rings. The second-order valence-corrected chi connectivity index (χ2v) is 6.41. The Balaban J connectivity index is 2.56. The van der Waals surface area contributed by atoms with Crippen molar-refractivity contribution in [2.45, 2.75) is 52.9 Å². The first-order valence-electron chi connectivity index (χ1n) is 8.19. The quantitative estimate of drug-likeness (QED) is 0.676. The van der Waals surface area contributed by atoms with Crippen LogP contribution in [0.1, 0.15) is 52.9 Å². The fourth-order valence-corrected chi connectivity index (χ4v) is 3.27. The van der Waals surface area contributed by atoms with Crippen molar-refractivity contribution in [2.24, 2.45) is 11.3 Å². The zero-order chi connectivity index (χ0) is 14.1. The predicted octanol–water partition coefficient (Wildman–Crippen LogP) is 2.50. The van der Waals surface area contributed by atoms with E-state index >= 15 is 0 Å². The van der Waals surface area contributed by atoms with Crippen molar-refractivity contribution in [1.29, 1.82) is 0 Å². The van der Waals surface area contributed by atoms with Crippen LogP contribution < -0.4 is 5.32 Å². The third-order valence-corrected chi connectivity index (χ3v) is 4.72. The van der Waals surface area contributed by atoms with Gasteiger partial charge in [-0.3, -0.25) is 0 Å². The lowest BCUT2D eigenvalue weighted by atomic mass is 9.70. The highest BCUT2D eigenvalue weighted by molar-refractivity contribution is 4.89. The maximum absolute atomic E-state index is 9.02. The highest BCUT2D eigenvalue weighted by Gasteiger charge is 2.34. The molecule has 19 heavy (non-hydrogen) atoms. The van der Waals surface area contributed by atoms with Gasteiger partial charge in [-0.25, -0.2) is 0 Å². The normalized spacial score (nSPS) is 27.9. The standard InChI is InChI=1S/C16H34N2O/c1-4-17-13-16(9-7-15(3)8-10-16)14-18(5-2)11-6-12-19/h15,17,19H,4-14H2,1-3H3. The molecule has 0 unspecified atom stereocenters. The molecule has 2 N–H and O–H groups in total. The lowest BCUT2D eigenvalue weighted by Crippen LogP contribution is -2.46. The van der Waals surface area contributed by atoms with Gasteiger partial charge in [-0.05, 0) is 43.7 Å². The first-order chi connectivity index (χ1) is 9.15. The first-order valence-corrected chi connectivity index (χ1v) is 8.19. The van der Waals surface area contributed by atoms with Crippen LogP contribution in [-0.4, -0.2) is 49.3 Å². The average molecular weight is 270 g/mol. The van der Waals surface area contributed by atoms with Crippen LogP contribution in [0, 0.1) is 11.3 Å². The van der Waals surface area contributed by atoms with Crippen molar-refractivity contribution in [3.05, 3.63) is 0 Å². The summed E-state index contributed by atoms with van der Waals surface area (Å²) in [6, 6.07) is 0. The SMILES string of the molecule is CCNCC1(CN(CC)CCCO)CCC(C)CC1. The summed E-state index contributed by atoms with van der Waals surface area (Å²) < 4.78 is 0. The minimum Gasteiger partial charge on any atom is -0.396 e. The van der Waals surface area contributed by atoms with Crippen LogP contribution in [0.25, 0.3) is 0 Å². The number of aliphatic hydroxyl groups is 1.